The van der Waals surface area contributed by atoms with Crippen molar-refractivity contribution in [2.45, 2.75) is 6.54 Å². The molecule has 7 nitrogen and oxygen atoms in total. The minimum Gasteiger partial charge on any atom is -0.482 e. The Morgan fingerprint density at radius 1 is 1.52 bits per heavy atom. The van der Waals surface area contributed by atoms with Crippen LogP contribution in [-0.2, 0) is 18.4 Å². The Balaban J connectivity index is 1.67. The van der Waals surface area contributed by atoms with Crippen LogP contribution in [0, 0.1) is 0 Å². The third-order valence-electron chi connectivity index (χ3n) is 3.07. The van der Waals surface area contributed by atoms with Gasteiger partial charge in [0.1, 0.15) is 11.4 Å². The smallest absolute Gasteiger partial charge is 0.271 e. The standard InChI is InChI=1S/C14H14N4O3/c1-18-6-11(16-8-18)14(20)15-5-9-2-3-12-10(4-9)17-13(19)7-21-12/h2-4,6,8H,5,7H2,1H3,(H,15,20)(H,17,19). The first-order valence-electron chi connectivity index (χ1n) is 6.43. The van der Waals surface area contributed by atoms with E-state index in [2.05, 4.69) is 15.6 Å². The summed E-state index contributed by atoms with van der Waals surface area (Å²) in [5, 5.41) is 5.51. The van der Waals surface area contributed by atoms with Crippen LogP contribution < -0.4 is 15.4 Å². The van der Waals surface area contributed by atoms with E-state index in [0.29, 0.717) is 23.7 Å². The second-order valence-corrected chi connectivity index (χ2v) is 4.77. The molecule has 0 radical (unpaired) electrons. The number of nitrogens with zero attached hydrogens (tertiary/aromatic N) is 2. The van der Waals surface area contributed by atoms with Gasteiger partial charge in [0, 0.05) is 19.8 Å². The lowest BCUT2D eigenvalue weighted by Gasteiger charge is -2.18. The zero-order chi connectivity index (χ0) is 14.8. The number of amides is 2. The third-order valence-corrected chi connectivity index (χ3v) is 3.07. The molecule has 1 aliphatic rings. The number of hydrogen-bond donors (Lipinski definition) is 2. The number of aryl methyl sites for hydroxylation is 1. The summed E-state index contributed by atoms with van der Waals surface area (Å²) >= 11 is 0. The fourth-order valence-corrected chi connectivity index (χ4v) is 2.04. The van der Waals surface area contributed by atoms with Crippen molar-refractivity contribution in [1.29, 1.82) is 0 Å². The topological polar surface area (TPSA) is 85.3 Å². The van der Waals surface area contributed by atoms with Crippen molar-refractivity contribution in [1.82, 2.24) is 14.9 Å². The van der Waals surface area contributed by atoms with Gasteiger partial charge in [-0.25, -0.2) is 4.98 Å². The molecule has 2 N–H and O–H groups in total. The second-order valence-electron chi connectivity index (χ2n) is 4.77. The zero-order valence-electron chi connectivity index (χ0n) is 11.4. The average molecular weight is 286 g/mol. The number of nitrogens with one attached hydrogen (secondary N) is 2. The highest BCUT2D eigenvalue weighted by Gasteiger charge is 2.16. The lowest BCUT2D eigenvalue weighted by molar-refractivity contribution is -0.118. The number of benzene rings is 1. The Hall–Kier alpha value is -2.83. The number of imidazole rings is 1. The summed E-state index contributed by atoms with van der Waals surface area (Å²) in [7, 11) is 1.80. The molecule has 1 aromatic heterocycles. The van der Waals surface area contributed by atoms with Gasteiger partial charge >= 0.3 is 0 Å². The van der Waals surface area contributed by atoms with Crippen molar-refractivity contribution in [2.75, 3.05) is 11.9 Å². The van der Waals surface area contributed by atoms with E-state index in [1.54, 1.807) is 36.3 Å². The van der Waals surface area contributed by atoms with Crippen LogP contribution in [0.15, 0.2) is 30.7 Å². The Labute approximate surface area is 120 Å². The molecule has 2 amide bonds. The van der Waals surface area contributed by atoms with Gasteiger partial charge in [0.2, 0.25) is 0 Å². The van der Waals surface area contributed by atoms with Gasteiger partial charge in [-0.1, -0.05) is 6.07 Å². The lowest BCUT2D eigenvalue weighted by atomic mass is 10.1. The number of hydrogen-bond acceptors (Lipinski definition) is 4. The number of anilines is 1. The molecule has 1 aliphatic heterocycles. The lowest BCUT2D eigenvalue weighted by Crippen LogP contribution is -2.26. The molecule has 2 heterocycles. The van der Waals surface area contributed by atoms with E-state index in [-0.39, 0.29) is 18.4 Å². The van der Waals surface area contributed by atoms with E-state index in [9.17, 15) is 9.59 Å². The van der Waals surface area contributed by atoms with Crippen molar-refractivity contribution in [3.8, 4) is 5.75 Å². The number of aromatic nitrogens is 2. The van der Waals surface area contributed by atoms with E-state index in [4.69, 9.17) is 4.74 Å². The molecule has 0 spiro atoms. The molecular weight excluding hydrogens is 272 g/mol. The molecule has 0 unspecified atom stereocenters. The van der Waals surface area contributed by atoms with Gasteiger partial charge in [-0.05, 0) is 17.7 Å². The molecule has 0 saturated heterocycles. The molecule has 0 bridgehead atoms. The van der Waals surface area contributed by atoms with E-state index in [1.165, 1.54) is 0 Å². The highest BCUT2D eigenvalue weighted by molar-refractivity contribution is 5.95. The normalized spacial score (nSPS) is 13.1. The summed E-state index contributed by atoms with van der Waals surface area (Å²) in [6, 6.07) is 5.40. The van der Waals surface area contributed by atoms with Gasteiger partial charge in [-0.3, -0.25) is 9.59 Å². The third kappa shape index (κ3) is 2.86. The first-order valence-corrected chi connectivity index (χ1v) is 6.43. The van der Waals surface area contributed by atoms with Gasteiger partial charge in [-0.15, -0.1) is 0 Å². The molecule has 1 aromatic carbocycles. The largest absolute Gasteiger partial charge is 0.482 e. The zero-order valence-corrected chi connectivity index (χ0v) is 11.4. The minimum absolute atomic E-state index is 0.0305. The van der Waals surface area contributed by atoms with Crippen LogP contribution in [0.4, 0.5) is 5.69 Å². The summed E-state index contributed by atoms with van der Waals surface area (Å²) < 4.78 is 6.99. The van der Waals surface area contributed by atoms with E-state index >= 15 is 0 Å². The number of fused-ring (bicyclic) bond motifs is 1. The maximum absolute atomic E-state index is 11.9. The molecule has 7 heteroatoms. The van der Waals surface area contributed by atoms with Crippen LogP contribution in [0.5, 0.6) is 5.75 Å². The van der Waals surface area contributed by atoms with Crippen molar-refractivity contribution in [3.63, 3.8) is 0 Å². The molecule has 0 saturated carbocycles. The predicted molar refractivity (Wildman–Crippen MR) is 74.9 cm³/mol. The fraction of sp³-hybridized carbons (Fsp3) is 0.214. The Kier molecular flexibility index (Phi) is 3.31. The molecule has 2 aromatic rings. The SMILES string of the molecule is Cn1cnc(C(=O)NCc2ccc3c(c2)NC(=O)CO3)c1. The first kappa shape index (κ1) is 13.2. The maximum Gasteiger partial charge on any atom is 0.271 e. The first-order chi connectivity index (χ1) is 10.1. The van der Waals surface area contributed by atoms with E-state index in [0.717, 1.165) is 5.56 Å². The number of rotatable bonds is 3. The molecule has 0 aliphatic carbocycles. The molecule has 108 valence electrons. The average Bonchev–Trinajstić information content (AvgIpc) is 2.91. The number of carbonyl (C=O) groups is 2. The van der Waals surface area contributed by atoms with E-state index in [1.807, 2.05) is 6.07 Å². The molecule has 3 rings (SSSR count). The van der Waals surface area contributed by atoms with Crippen LogP contribution in [-0.4, -0.2) is 28.0 Å². The highest BCUT2D eigenvalue weighted by Crippen LogP contribution is 2.28. The minimum atomic E-state index is -0.242. The van der Waals surface area contributed by atoms with Crippen LogP contribution in [0.1, 0.15) is 16.1 Å². The van der Waals surface area contributed by atoms with E-state index < -0.39 is 0 Å². The Morgan fingerprint density at radius 3 is 3.14 bits per heavy atom. The van der Waals surface area contributed by atoms with Crippen molar-refractivity contribution >= 4 is 17.5 Å². The van der Waals surface area contributed by atoms with Gasteiger partial charge in [0.25, 0.3) is 11.8 Å². The quantitative estimate of drug-likeness (QED) is 0.869. The summed E-state index contributed by atoms with van der Waals surface area (Å²) in [5.74, 6) is 0.208. The maximum atomic E-state index is 11.9. The molecule has 21 heavy (non-hydrogen) atoms. The summed E-state index contributed by atoms with van der Waals surface area (Å²) in [6.07, 6.45) is 3.22. The Morgan fingerprint density at radius 2 is 2.38 bits per heavy atom. The van der Waals surface area contributed by atoms with Gasteiger partial charge in [-0.2, -0.15) is 0 Å². The monoisotopic (exact) mass is 286 g/mol. The van der Waals surface area contributed by atoms with Crippen LogP contribution in [0.3, 0.4) is 0 Å². The molecule has 0 atom stereocenters. The second kappa shape index (κ2) is 5.28. The summed E-state index contributed by atoms with van der Waals surface area (Å²) in [4.78, 5) is 27.1. The van der Waals surface area contributed by atoms with Crippen molar-refractivity contribution in [2.24, 2.45) is 7.05 Å². The van der Waals surface area contributed by atoms with Gasteiger partial charge < -0.3 is 19.9 Å². The predicted octanol–water partition coefficient (Wildman–Crippen LogP) is 0.681. The number of ether oxygens (including phenoxy) is 1. The van der Waals surface area contributed by atoms with Crippen LogP contribution in [0.25, 0.3) is 0 Å². The number of carbonyl (C=O) groups excluding carboxylic acids is 2. The highest BCUT2D eigenvalue weighted by atomic mass is 16.5. The fourth-order valence-electron chi connectivity index (χ4n) is 2.04. The summed E-state index contributed by atoms with van der Waals surface area (Å²) in [5.41, 5.74) is 1.85. The van der Waals surface area contributed by atoms with Crippen molar-refractivity contribution in [3.05, 3.63) is 42.0 Å². The van der Waals surface area contributed by atoms with Gasteiger partial charge in [0.05, 0.1) is 12.0 Å². The summed E-state index contributed by atoms with van der Waals surface area (Å²) in [6.45, 7) is 0.376. The van der Waals surface area contributed by atoms with Crippen LogP contribution in [0.2, 0.25) is 0 Å². The molecule has 0 fully saturated rings. The van der Waals surface area contributed by atoms with Crippen molar-refractivity contribution < 1.29 is 14.3 Å². The molecular formula is C14H14N4O3. The van der Waals surface area contributed by atoms with Crippen LogP contribution >= 0.6 is 0 Å². The Bertz CT molecular complexity index is 708. The van der Waals surface area contributed by atoms with Gasteiger partial charge in [0.15, 0.2) is 6.61 Å².